The maximum atomic E-state index is 11.5. The lowest BCUT2D eigenvalue weighted by atomic mass is 10.1. The Balaban J connectivity index is 3.59. The van der Waals surface area contributed by atoms with Gasteiger partial charge in [-0.3, -0.25) is 9.79 Å². The van der Waals surface area contributed by atoms with Crippen LogP contribution in [0.15, 0.2) is 4.99 Å². The molecule has 0 aromatic heterocycles. The molecule has 0 saturated heterocycles. The van der Waals surface area contributed by atoms with Gasteiger partial charge in [0, 0.05) is 26.1 Å². The number of nitrogens with two attached hydrogens (primary N) is 1. The number of methoxy groups -OCH3 is 1. The predicted molar refractivity (Wildman–Crippen MR) is 89.9 cm³/mol. The predicted octanol–water partition coefficient (Wildman–Crippen LogP) is 2.22. The summed E-state index contributed by atoms with van der Waals surface area (Å²) < 4.78 is 10.3. The minimum Gasteiger partial charge on any atom is -0.460 e. The molecule has 130 valence electrons. The summed E-state index contributed by atoms with van der Waals surface area (Å²) in [5.74, 6) is 0.337. The van der Waals surface area contributed by atoms with Gasteiger partial charge in [0.15, 0.2) is 5.96 Å². The van der Waals surface area contributed by atoms with E-state index >= 15 is 0 Å². The van der Waals surface area contributed by atoms with Crippen molar-refractivity contribution in [2.75, 3.05) is 20.3 Å². The molecule has 0 fully saturated rings. The Kier molecular flexibility index (Phi) is 10.6. The molecule has 0 rings (SSSR count). The van der Waals surface area contributed by atoms with Gasteiger partial charge in [-0.25, -0.2) is 0 Å². The van der Waals surface area contributed by atoms with Crippen molar-refractivity contribution < 1.29 is 14.3 Å². The van der Waals surface area contributed by atoms with Gasteiger partial charge in [0.2, 0.25) is 0 Å². The number of esters is 1. The Morgan fingerprint density at radius 2 is 1.86 bits per heavy atom. The van der Waals surface area contributed by atoms with Crippen LogP contribution in [0.3, 0.4) is 0 Å². The van der Waals surface area contributed by atoms with Crippen LogP contribution in [0, 0.1) is 0 Å². The maximum absolute atomic E-state index is 11.5. The highest BCUT2D eigenvalue weighted by atomic mass is 16.6. The van der Waals surface area contributed by atoms with Gasteiger partial charge < -0.3 is 20.5 Å². The van der Waals surface area contributed by atoms with Crippen molar-refractivity contribution in [3.05, 3.63) is 0 Å². The Bertz CT molecular complexity index is 338. The Labute approximate surface area is 134 Å². The minimum absolute atomic E-state index is 0.119. The summed E-state index contributed by atoms with van der Waals surface area (Å²) in [6.07, 6.45) is 4.35. The summed E-state index contributed by atoms with van der Waals surface area (Å²) in [6, 6.07) is 0.155. The van der Waals surface area contributed by atoms with E-state index in [1.54, 1.807) is 7.11 Å². The summed E-state index contributed by atoms with van der Waals surface area (Å²) in [5, 5.41) is 3.06. The molecule has 0 aromatic rings. The zero-order valence-corrected chi connectivity index (χ0v) is 14.8. The zero-order valence-electron chi connectivity index (χ0n) is 14.8. The number of hydrogen-bond donors (Lipinski definition) is 2. The lowest BCUT2D eigenvalue weighted by molar-refractivity contribution is -0.154. The number of carbonyl (C=O) groups excluding carboxylic acids is 1. The Morgan fingerprint density at radius 3 is 2.45 bits per heavy atom. The highest BCUT2D eigenvalue weighted by Gasteiger charge is 2.15. The van der Waals surface area contributed by atoms with Crippen LogP contribution in [0.4, 0.5) is 0 Å². The normalized spacial score (nSPS) is 13.8. The van der Waals surface area contributed by atoms with Crippen LogP contribution >= 0.6 is 0 Å². The van der Waals surface area contributed by atoms with E-state index in [4.69, 9.17) is 15.2 Å². The molecular formula is C16H33N3O3. The molecule has 0 spiro atoms. The van der Waals surface area contributed by atoms with Gasteiger partial charge in [0.05, 0.1) is 6.61 Å². The standard InChI is InChI=1S/C16H33N3O3/c1-13(12-21-5)19-15(17)18-11-9-7-6-8-10-14(20)22-16(2,3)4/h13H,6-12H2,1-5H3,(H3,17,18,19). The maximum Gasteiger partial charge on any atom is 0.306 e. The first kappa shape index (κ1) is 20.7. The van der Waals surface area contributed by atoms with Crippen molar-refractivity contribution in [3.63, 3.8) is 0 Å². The highest BCUT2D eigenvalue weighted by Crippen LogP contribution is 2.11. The molecule has 3 N–H and O–H groups in total. The third-order valence-corrected chi connectivity index (χ3v) is 2.80. The second-order valence-electron chi connectivity index (χ2n) is 6.52. The number of unbranched alkanes of at least 4 members (excludes halogenated alkanes) is 3. The van der Waals surface area contributed by atoms with E-state index in [0.29, 0.717) is 25.5 Å². The molecule has 6 nitrogen and oxygen atoms in total. The van der Waals surface area contributed by atoms with E-state index in [-0.39, 0.29) is 12.0 Å². The largest absolute Gasteiger partial charge is 0.460 e. The number of hydrogen-bond acceptors (Lipinski definition) is 4. The third-order valence-electron chi connectivity index (χ3n) is 2.80. The summed E-state index contributed by atoms with van der Waals surface area (Å²) >= 11 is 0. The number of aliphatic imine (C=N–C) groups is 1. The molecule has 0 amide bonds. The number of guanidine groups is 1. The van der Waals surface area contributed by atoms with E-state index in [2.05, 4.69) is 10.3 Å². The molecule has 0 aliphatic carbocycles. The highest BCUT2D eigenvalue weighted by molar-refractivity contribution is 5.78. The third kappa shape index (κ3) is 13.7. The van der Waals surface area contributed by atoms with Crippen LogP contribution < -0.4 is 11.1 Å². The Morgan fingerprint density at radius 1 is 1.23 bits per heavy atom. The summed E-state index contributed by atoms with van der Waals surface area (Å²) in [7, 11) is 1.66. The molecule has 0 aromatic carbocycles. The van der Waals surface area contributed by atoms with Crippen molar-refractivity contribution in [2.45, 2.75) is 71.4 Å². The lowest BCUT2D eigenvalue weighted by Gasteiger charge is -2.19. The van der Waals surface area contributed by atoms with E-state index in [0.717, 1.165) is 25.7 Å². The van der Waals surface area contributed by atoms with Crippen molar-refractivity contribution in [1.82, 2.24) is 5.32 Å². The molecule has 0 aliphatic rings. The molecule has 1 unspecified atom stereocenters. The second-order valence-corrected chi connectivity index (χ2v) is 6.52. The van der Waals surface area contributed by atoms with Gasteiger partial charge in [-0.1, -0.05) is 12.8 Å². The van der Waals surface area contributed by atoms with Crippen molar-refractivity contribution in [3.8, 4) is 0 Å². The molecule has 0 bridgehead atoms. The van der Waals surface area contributed by atoms with Gasteiger partial charge in [0.1, 0.15) is 5.60 Å². The fourth-order valence-corrected chi connectivity index (χ4v) is 1.92. The fourth-order valence-electron chi connectivity index (χ4n) is 1.92. The van der Waals surface area contributed by atoms with Gasteiger partial charge in [-0.05, 0) is 40.5 Å². The lowest BCUT2D eigenvalue weighted by Crippen LogP contribution is -2.40. The number of nitrogens with one attached hydrogen (secondary N) is 1. The minimum atomic E-state index is -0.393. The van der Waals surface area contributed by atoms with Crippen molar-refractivity contribution in [1.29, 1.82) is 0 Å². The van der Waals surface area contributed by atoms with Crippen LogP contribution in [0.5, 0.6) is 0 Å². The smallest absolute Gasteiger partial charge is 0.306 e. The molecule has 22 heavy (non-hydrogen) atoms. The van der Waals surface area contributed by atoms with Crippen LogP contribution in [-0.4, -0.2) is 43.8 Å². The fraction of sp³-hybridized carbons (Fsp3) is 0.875. The summed E-state index contributed by atoms with van der Waals surface area (Å²) in [6.45, 7) is 8.94. The first-order valence-corrected chi connectivity index (χ1v) is 8.02. The zero-order chi connectivity index (χ0) is 17.0. The van der Waals surface area contributed by atoms with Crippen molar-refractivity contribution in [2.24, 2.45) is 10.7 Å². The molecule has 0 saturated carbocycles. The Hall–Kier alpha value is -1.30. The van der Waals surface area contributed by atoms with E-state index in [1.807, 2.05) is 27.7 Å². The second kappa shape index (κ2) is 11.3. The topological polar surface area (TPSA) is 85.9 Å². The number of ether oxygens (including phenoxy) is 2. The van der Waals surface area contributed by atoms with Gasteiger partial charge >= 0.3 is 5.97 Å². The van der Waals surface area contributed by atoms with Crippen LogP contribution in [0.25, 0.3) is 0 Å². The molecule has 0 aliphatic heterocycles. The summed E-state index contributed by atoms with van der Waals surface area (Å²) in [5.41, 5.74) is 5.37. The van der Waals surface area contributed by atoms with Crippen LogP contribution in [0.2, 0.25) is 0 Å². The molecule has 0 radical (unpaired) electrons. The number of carbonyl (C=O) groups is 1. The first-order valence-electron chi connectivity index (χ1n) is 8.02. The van der Waals surface area contributed by atoms with E-state index in [1.165, 1.54) is 0 Å². The van der Waals surface area contributed by atoms with E-state index < -0.39 is 5.60 Å². The SMILES string of the molecule is COCC(C)NC(N)=NCCCCCCC(=O)OC(C)(C)C. The monoisotopic (exact) mass is 315 g/mol. The quantitative estimate of drug-likeness (QED) is 0.279. The van der Waals surface area contributed by atoms with Gasteiger partial charge in [-0.15, -0.1) is 0 Å². The molecule has 0 heterocycles. The van der Waals surface area contributed by atoms with E-state index in [9.17, 15) is 4.79 Å². The van der Waals surface area contributed by atoms with Gasteiger partial charge in [0.25, 0.3) is 0 Å². The number of rotatable bonds is 10. The van der Waals surface area contributed by atoms with Crippen LogP contribution in [-0.2, 0) is 14.3 Å². The summed E-state index contributed by atoms with van der Waals surface area (Å²) in [4.78, 5) is 15.8. The molecular weight excluding hydrogens is 282 g/mol. The van der Waals surface area contributed by atoms with Gasteiger partial charge in [-0.2, -0.15) is 0 Å². The van der Waals surface area contributed by atoms with Crippen LogP contribution in [0.1, 0.15) is 59.8 Å². The molecule has 6 heteroatoms. The number of nitrogens with zero attached hydrogens (tertiary/aromatic N) is 1. The molecule has 1 atom stereocenters. The first-order chi connectivity index (χ1) is 10.2. The average molecular weight is 315 g/mol. The average Bonchev–Trinajstić information content (AvgIpc) is 2.35. The van der Waals surface area contributed by atoms with Crippen molar-refractivity contribution >= 4 is 11.9 Å².